The molecule has 0 radical (unpaired) electrons. The highest BCUT2D eigenvalue weighted by Crippen LogP contribution is 2.36. The molecule has 0 aromatic carbocycles. The van der Waals surface area contributed by atoms with Crippen molar-refractivity contribution in [3.63, 3.8) is 0 Å². The maximum atomic E-state index is 12.4. The van der Waals surface area contributed by atoms with Crippen molar-refractivity contribution in [1.29, 1.82) is 0 Å². The molecule has 0 aliphatic rings. The predicted molar refractivity (Wildman–Crippen MR) is 216 cm³/mol. The number of ether oxygens (including phenoxy) is 2. The molecule has 308 valence electrons. The van der Waals surface area contributed by atoms with Crippen molar-refractivity contribution in [2.75, 3.05) is 13.2 Å². The molecule has 8 nitrogen and oxygen atoms in total. The standard InChI is InChI=1S/C43H83O8P/c1-3-5-7-9-11-13-15-17-19-20-21-22-24-26-28-30-32-34-36-38-43(45)51-41(40-50-52(46,47)48)39-49-42(44)37-35-33-31-29-27-25-23-18-16-14-12-10-8-6-4-2/h17,19,41H,3-16,18,20-40H2,1-2H3,(H2,46,47,48)/b19-17-/t41-/m1/s1. The summed E-state index contributed by atoms with van der Waals surface area (Å²) >= 11 is 0. The summed E-state index contributed by atoms with van der Waals surface area (Å²) in [6.07, 6.45) is 43.6. The van der Waals surface area contributed by atoms with Gasteiger partial charge in [-0.15, -0.1) is 0 Å². The van der Waals surface area contributed by atoms with Gasteiger partial charge in [0.1, 0.15) is 6.61 Å². The molecule has 0 rings (SSSR count). The zero-order chi connectivity index (χ0) is 38.2. The lowest BCUT2D eigenvalue weighted by molar-refractivity contribution is -0.161. The highest BCUT2D eigenvalue weighted by molar-refractivity contribution is 7.46. The van der Waals surface area contributed by atoms with Crippen LogP contribution in [0, 0.1) is 0 Å². The Morgan fingerprint density at radius 2 is 0.808 bits per heavy atom. The van der Waals surface area contributed by atoms with Gasteiger partial charge in [0.25, 0.3) is 0 Å². The number of carbonyl (C=O) groups excluding carboxylic acids is 2. The number of hydrogen-bond donors (Lipinski definition) is 2. The SMILES string of the molecule is CCCCCCCC/C=C\CCCCCCCCCCCC(=O)O[C@H](COC(=O)CCCCCCCCCCCCCCCCC)COP(=O)(O)O. The fourth-order valence-corrected chi connectivity index (χ4v) is 6.85. The van der Waals surface area contributed by atoms with Gasteiger partial charge in [0, 0.05) is 12.8 Å². The van der Waals surface area contributed by atoms with E-state index in [0.717, 1.165) is 38.5 Å². The first-order chi connectivity index (χ1) is 25.3. The van der Waals surface area contributed by atoms with Crippen molar-refractivity contribution < 1.29 is 37.9 Å². The van der Waals surface area contributed by atoms with Crippen LogP contribution in [-0.2, 0) is 28.2 Å². The minimum atomic E-state index is -4.75. The van der Waals surface area contributed by atoms with Gasteiger partial charge in [0.05, 0.1) is 6.61 Å². The van der Waals surface area contributed by atoms with E-state index < -0.39 is 32.5 Å². The van der Waals surface area contributed by atoms with E-state index in [-0.39, 0.29) is 19.4 Å². The second-order valence-electron chi connectivity index (χ2n) is 15.0. The Morgan fingerprint density at radius 3 is 1.17 bits per heavy atom. The average molecular weight is 759 g/mol. The van der Waals surface area contributed by atoms with Gasteiger partial charge in [0.2, 0.25) is 0 Å². The van der Waals surface area contributed by atoms with Crippen molar-refractivity contribution in [3.8, 4) is 0 Å². The van der Waals surface area contributed by atoms with Crippen molar-refractivity contribution in [1.82, 2.24) is 0 Å². The van der Waals surface area contributed by atoms with Crippen LogP contribution < -0.4 is 0 Å². The smallest absolute Gasteiger partial charge is 0.462 e. The third kappa shape index (κ3) is 41.5. The molecule has 1 atom stereocenters. The lowest BCUT2D eigenvalue weighted by atomic mass is 10.0. The number of esters is 2. The van der Waals surface area contributed by atoms with Gasteiger partial charge in [-0.05, 0) is 38.5 Å². The quantitative estimate of drug-likeness (QED) is 0.0274. The molecule has 0 amide bonds. The number of hydrogen-bond acceptors (Lipinski definition) is 6. The molecule has 0 unspecified atom stereocenters. The number of unbranched alkanes of at least 4 members (excludes halogenated alkanes) is 29. The highest BCUT2D eigenvalue weighted by atomic mass is 31.2. The first-order valence-electron chi connectivity index (χ1n) is 22.0. The number of carbonyl (C=O) groups is 2. The monoisotopic (exact) mass is 759 g/mol. The summed E-state index contributed by atoms with van der Waals surface area (Å²) in [4.78, 5) is 42.9. The Bertz CT molecular complexity index is 858. The van der Waals surface area contributed by atoms with E-state index in [1.807, 2.05) is 0 Å². The maximum Gasteiger partial charge on any atom is 0.469 e. The fourth-order valence-electron chi connectivity index (χ4n) is 6.49. The normalized spacial score (nSPS) is 12.5. The van der Waals surface area contributed by atoms with Crippen molar-refractivity contribution in [2.24, 2.45) is 0 Å². The first-order valence-corrected chi connectivity index (χ1v) is 23.5. The minimum Gasteiger partial charge on any atom is -0.462 e. The second-order valence-corrected chi connectivity index (χ2v) is 16.3. The van der Waals surface area contributed by atoms with E-state index in [9.17, 15) is 14.2 Å². The Morgan fingerprint density at radius 1 is 0.481 bits per heavy atom. The summed E-state index contributed by atoms with van der Waals surface area (Å²) in [5.74, 6) is -0.874. The Hall–Kier alpha value is -1.21. The Balaban J connectivity index is 3.86. The predicted octanol–water partition coefficient (Wildman–Crippen LogP) is 13.4. The van der Waals surface area contributed by atoms with Crippen LogP contribution >= 0.6 is 7.82 Å². The molecule has 0 aliphatic carbocycles. The molecule has 0 bridgehead atoms. The van der Waals surface area contributed by atoms with Crippen LogP contribution in [0.2, 0.25) is 0 Å². The van der Waals surface area contributed by atoms with Crippen LogP contribution in [0.5, 0.6) is 0 Å². The van der Waals surface area contributed by atoms with Crippen LogP contribution in [0.25, 0.3) is 0 Å². The number of allylic oxidation sites excluding steroid dienone is 2. The maximum absolute atomic E-state index is 12.4. The minimum absolute atomic E-state index is 0.214. The van der Waals surface area contributed by atoms with Crippen LogP contribution in [-0.4, -0.2) is 41.0 Å². The molecule has 9 heteroatoms. The molecule has 0 aromatic rings. The van der Waals surface area contributed by atoms with Gasteiger partial charge in [-0.2, -0.15) is 0 Å². The van der Waals surface area contributed by atoms with Gasteiger partial charge < -0.3 is 19.3 Å². The molecule has 2 N–H and O–H groups in total. The van der Waals surface area contributed by atoms with Gasteiger partial charge in [-0.1, -0.05) is 193 Å². The van der Waals surface area contributed by atoms with E-state index in [0.29, 0.717) is 6.42 Å². The van der Waals surface area contributed by atoms with Crippen LogP contribution in [0.4, 0.5) is 0 Å². The van der Waals surface area contributed by atoms with E-state index in [1.165, 1.54) is 161 Å². The van der Waals surface area contributed by atoms with E-state index in [1.54, 1.807) is 0 Å². The Labute approximate surface area is 320 Å². The largest absolute Gasteiger partial charge is 0.469 e. The zero-order valence-corrected chi connectivity index (χ0v) is 34.9. The average Bonchev–Trinajstić information content (AvgIpc) is 3.11. The molecule has 0 fully saturated rings. The third-order valence-corrected chi connectivity index (χ3v) is 10.3. The summed E-state index contributed by atoms with van der Waals surface area (Å²) in [5.41, 5.74) is 0. The van der Waals surface area contributed by atoms with Crippen molar-refractivity contribution in [2.45, 2.75) is 238 Å². The molecule has 52 heavy (non-hydrogen) atoms. The topological polar surface area (TPSA) is 119 Å². The lowest BCUT2D eigenvalue weighted by Crippen LogP contribution is -2.29. The summed E-state index contributed by atoms with van der Waals surface area (Å²) in [6.45, 7) is 3.71. The van der Waals surface area contributed by atoms with E-state index in [2.05, 4.69) is 30.5 Å². The molecular weight excluding hydrogens is 675 g/mol. The molecule has 0 saturated carbocycles. The van der Waals surface area contributed by atoms with Crippen molar-refractivity contribution >= 4 is 19.8 Å². The fraction of sp³-hybridized carbons (Fsp3) is 0.907. The van der Waals surface area contributed by atoms with E-state index >= 15 is 0 Å². The molecule has 0 aromatic heterocycles. The number of phosphoric acid groups is 1. The second kappa shape index (κ2) is 39.5. The van der Waals surface area contributed by atoms with Gasteiger partial charge >= 0.3 is 19.8 Å². The molecule has 0 saturated heterocycles. The summed E-state index contributed by atoms with van der Waals surface area (Å²) in [5, 5.41) is 0. The molecular formula is C43H83O8P. The summed E-state index contributed by atoms with van der Waals surface area (Å²) < 4.78 is 26.4. The number of rotatable bonds is 41. The van der Waals surface area contributed by atoms with Crippen molar-refractivity contribution in [3.05, 3.63) is 12.2 Å². The van der Waals surface area contributed by atoms with Crippen LogP contribution in [0.1, 0.15) is 232 Å². The number of phosphoric ester groups is 1. The molecule has 0 heterocycles. The zero-order valence-electron chi connectivity index (χ0n) is 34.0. The summed E-state index contributed by atoms with van der Waals surface area (Å²) in [6, 6.07) is 0. The Kier molecular flexibility index (Phi) is 38.6. The first kappa shape index (κ1) is 50.8. The van der Waals surface area contributed by atoms with Crippen LogP contribution in [0.3, 0.4) is 0 Å². The molecule has 0 spiro atoms. The van der Waals surface area contributed by atoms with Gasteiger partial charge in [-0.25, -0.2) is 4.57 Å². The highest BCUT2D eigenvalue weighted by Gasteiger charge is 2.22. The van der Waals surface area contributed by atoms with Gasteiger partial charge in [-0.3, -0.25) is 14.1 Å². The summed E-state index contributed by atoms with van der Waals surface area (Å²) in [7, 11) is -4.75. The van der Waals surface area contributed by atoms with E-state index in [4.69, 9.17) is 19.3 Å². The molecule has 0 aliphatic heterocycles. The lowest BCUT2D eigenvalue weighted by Gasteiger charge is -2.18. The van der Waals surface area contributed by atoms with Crippen LogP contribution in [0.15, 0.2) is 12.2 Å². The van der Waals surface area contributed by atoms with Gasteiger partial charge in [0.15, 0.2) is 6.10 Å². The third-order valence-electron chi connectivity index (χ3n) is 9.78.